The Bertz CT molecular complexity index is 871. The number of carbonyl (C=O) groups is 1. The number of amides is 1. The third-order valence-electron chi connectivity index (χ3n) is 3.98. The van der Waals surface area contributed by atoms with Crippen LogP contribution in [0.25, 0.3) is 22.1 Å². The third-order valence-corrected chi connectivity index (χ3v) is 3.98. The molecule has 0 fully saturated rings. The van der Waals surface area contributed by atoms with Crippen LogP contribution in [0.2, 0.25) is 0 Å². The van der Waals surface area contributed by atoms with Gasteiger partial charge in [-0.05, 0) is 43.2 Å². The summed E-state index contributed by atoms with van der Waals surface area (Å²) in [5.74, 6) is -0.158. The van der Waals surface area contributed by atoms with Crippen LogP contribution in [0.3, 0.4) is 0 Å². The summed E-state index contributed by atoms with van der Waals surface area (Å²) >= 11 is 0. The number of para-hydroxylation sites is 1. The Morgan fingerprint density at radius 3 is 2.74 bits per heavy atom. The molecule has 1 atom stereocenters. The molecule has 0 saturated carbocycles. The first-order valence-corrected chi connectivity index (χ1v) is 7.80. The zero-order valence-electron chi connectivity index (χ0n) is 13.3. The van der Waals surface area contributed by atoms with Crippen LogP contribution in [-0.2, 0) is 0 Å². The predicted molar refractivity (Wildman–Crippen MR) is 92.4 cm³/mol. The molecule has 0 radical (unpaired) electrons. The van der Waals surface area contributed by atoms with Crippen LogP contribution < -0.4 is 11.1 Å². The molecule has 1 aromatic heterocycles. The number of nitrogens with one attached hydrogen (secondary N) is 1. The van der Waals surface area contributed by atoms with E-state index < -0.39 is 0 Å². The summed E-state index contributed by atoms with van der Waals surface area (Å²) in [5.41, 5.74) is 10.3. The Kier molecular flexibility index (Phi) is 4.21. The van der Waals surface area contributed by atoms with Gasteiger partial charge in [0.25, 0.3) is 5.91 Å². The van der Waals surface area contributed by atoms with Gasteiger partial charge in [-0.2, -0.15) is 0 Å². The first kappa shape index (κ1) is 15.4. The van der Waals surface area contributed by atoms with E-state index in [1.54, 1.807) is 6.07 Å². The zero-order chi connectivity index (χ0) is 16.4. The Hall–Kier alpha value is -2.53. The third kappa shape index (κ3) is 3.00. The van der Waals surface area contributed by atoms with E-state index in [2.05, 4.69) is 15.3 Å². The maximum absolute atomic E-state index is 12.6. The molecule has 0 aliphatic carbocycles. The zero-order valence-corrected chi connectivity index (χ0v) is 13.3. The number of aromatic nitrogens is 2. The number of hydrogen-bond donors (Lipinski definition) is 2. The molecule has 0 aliphatic heterocycles. The maximum Gasteiger partial charge on any atom is 0.253 e. The van der Waals surface area contributed by atoms with Gasteiger partial charge in [-0.25, -0.2) is 9.97 Å². The van der Waals surface area contributed by atoms with Crippen molar-refractivity contribution in [2.75, 3.05) is 6.54 Å². The molecule has 5 heteroatoms. The highest BCUT2D eigenvalue weighted by atomic mass is 16.1. The fourth-order valence-electron chi connectivity index (χ4n) is 2.58. The molecular formula is C18H20N4O. The Morgan fingerprint density at radius 1 is 1.17 bits per heavy atom. The molecule has 3 aromatic rings. The lowest BCUT2D eigenvalue weighted by Gasteiger charge is -2.15. The first-order chi connectivity index (χ1) is 11.1. The maximum atomic E-state index is 12.6. The summed E-state index contributed by atoms with van der Waals surface area (Å²) in [4.78, 5) is 21.8. The van der Waals surface area contributed by atoms with Crippen molar-refractivity contribution in [3.8, 4) is 0 Å². The summed E-state index contributed by atoms with van der Waals surface area (Å²) in [6.45, 7) is 4.43. The van der Waals surface area contributed by atoms with Gasteiger partial charge in [0.05, 0.1) is 22.1 Å². The summed E-state index contributed by atoms with van der Waals surface area (Å²) in [5, 5.41) is 2.95. The highest BCUT2D eigenvalue weighted by molar-refractivity contribution is 6.06. The Balaban J connectivity index is 2.11. The van der Waals surface area contributed by atoms with Crippen molar-refractivity contribution in [1.29, 1.82) is 0 Å². The van der Waals surface area contributed by atoms with Gasteiger partial charge < -0.3 is 11.1 Å². The second-order valence-electron chi connectivity index (χ2n) is 5.70. The van der Waals surface area contributed by atoms with Crippen LogP contribution >= 0.6 is 0 Å². The van der Waals surface area contributed by atoms with Crippen LogP contribution in [0, 0.1) is 6.92 Å². The molecular weight excluding hydrogens is 288 g/mol. The van der Waals surface area contributed by atoms with E-state index in [1.807, 2.05) is 44.2 Å². The predicted octanol–water partition coefficient (Wildman–Crippen LogP) is 2.56. The fraction of sp³-hybridized carbons (Fsp3) is 0.278. The lowest BCUT2D eigenvalue weighted by Crippen LogP contribution is -2.39. The van der Waals surface area contributed by atoms with Crippen molar-refractivity contribution < 1.29 is 4.79 Å². The number of benzene rings is 2. The van der Waals surface area contributed by atoms with E-state index in [-0.39, 0.29) is 11.9 Å². The van der Waals surface area contributed by atoms with Gasteiger partial charge in [-0.15, -0.1) is 0 Å². The van der Waals surface area contributed by atoms with E-state index >= 15 is 0 Å². The Morgan fingerprint density at radius 2 is 2.00 bits per heavy atom. The lowest BCUT2D eigenvalue weighted by atomic mass is 10.1. The van der Waals surface area contributed by atoms with Crippen molar-refractivity contribution in [3.63, 3.8) is 0 Å². The molecule has 118 valence electrons. The van der Waals surface area contributed by atoms with Crippen molar-refractivity contribution in [1.82, 2.24) is 15.3 Å². The summed E-state index contributed by atoms with van der Waals surface area (Å²) < 4.78 is 0. The van der Waals surface area contributed by atoms with Crippen molar-refractivity contribution in [3.05, 3.63) is 47.5 Å². The minimum Gasteiger partial charge on any atom is -0.348 e. The average Bonchev–Trinajstić information content (AvgIpc) is 2.57. The second kappa shape index (κ2) is 6.30. The molecule has 1 heterocycles. The molecule has 3 rings (SSSR count). The summed E-state index contributed by atoms with van der Waals surface area (Å²) in [6.07, 6.45) is 0.792. The molecule has 0 saturated heterocycles. The van der Waals surface area contributed by atoms with E-state index in [9.17, 15) is 4.79 Å². The number of nitrogens with zero attached hydrogens (tertiary/aromatic N) is 2. The summed E-state index contributed by atoms with van der Waals surface area (Å²) in [7, 11) is 0. The molecule has 3 N–H and O–H groups in total. The van der Waals surface area contributed by atoms with Crippen molar-refractivity contribution in [2.24, 2.45) is 5.73 Å². The van der Waals surface area contributed by atoms with E-state index in [0.29, 0.717) is 17.6 Å². The van der Waals surface area contributed by atoms with Gasteiger partial charge in [0.2, 0.25) is 0 Å². The monoisotopic (exact) mass is 308 g/mol. The topological polar surface area (TPSA) is 80.9 Å². The molecule has 0 spiro atoms. The van der Waals surface area contributed by atoms with Gasteiger partial charge in [0.15, 0.2) is 0 Å². The number of carbonyl (C=O) groups excluding carboxylic acids is 1. The van der Waals surface area contributed by atoms with Crippen molar-refractivity contribution in [2.45, 2.75) is 26.3 Å². The smallest absolute Gasteiger partial charge is 0.253 e. The van der Waals surface area contributed by atoms with E-state index in [1.165, 1.54) is 0 Å². The highest BCUT2D eigenvalue weighted by Crippen LogP contribution is 2.20. The van der Waals surface area contributed by atoms with Gasteiger partial charge in [0.1, 0.15) is 5.52 Å². The first-order valence-electron chi connectivity index (χ1n) is 7.80. The van der Waals surface area contributed by atoms with Crippen LogP contribution in [0.15, 0.2) is 36.4 Å². The summed E-state index contributed by atoms with van der Waals surface area (Å²) in [6, 6.07) is 11.4. The highest BCUT2D eigenvalue weighted by Gasteiger charge is 2.15. The molecule has 5 nitrogen and oxygen atoms in total. The van der Waals surface area contributed by atoms with Gasteiger partial charge >= 0.3 is 0 Å². The number of aryl methyl sites for hydroxylation is 1. The minimum absolute atomic E-state index is 0.0339. The SMILES string of the molecule is CCC(CN)NC(=O)c1cccc2nc3ccc(C)cc3nc12. The molecule has 23 heavy (non-hydrogen) atoms. The van der Waals surface area contributed by atoms with Gasteiger partial charge in [0, 0.05) is 12.6 Å². The number of nitrogens with two attached hydrogens (primary N) is 1. The largest absolute Gasteiger partial charge is 0.348 e. The number of rotatable bonds is 4. The van der Waals surface area contributed by atoms with Crippen LogP contribution in [0.5, 0.6) is 0 Å². The van der Waals surface area contributed by atoms with Crippen LogP contribution in [0.4, 0.5) is 0 Å². The number of hydrogen-bond acceptors (Lipinski definition) is 4. The molecule has 1 amide bonds. The second-order valence-corrected chi connectivity index (χ2v) is 5.70. The quantitative estimate of drug-likeness (QED) is 0.726. The number of fused-ring (bicyclic) bond motifs is 2. The van der Waals surface area contributed by atoms with Crippen molar-refractivity contribution >= 4 is 28.0 Å². The average molecular weight is 308 g/mol. The Labute approximate surface area is 134 Å². The normalized spacial score (nSPS) is 12.5. The fourth-order valence-corrected chi connectivity index (χ4v) is 2.58. The molecule has 2 aromatic carbocycles. The molecule has 0 aliphatic rings. The van der Waals surface area contributed by atoms with E-state index in [4.69, 9.17) is 5.73 Å². The van der Waals surface area contributed by atoms with Crippen LogP contribution in [-0.4, -0.2) is 28.5 Å². The standard InChI is InChI=1S/C18H20N4O/c1-3-12(10-19)20-18(23)13-5-4-6-15-17(13)22-16-9-11(2)7-8-14(16)21-15/h4-9,12H,3,10,19H2,1-2H3,(H,20,23). The van der Waals surface area contributed by atoms with Crippen LogP contribution in [0.1, 0.15) is 29.3 Å². The lowest BCUT2D eigenvalue weighted by molar-refractivity contribution is 0.0938. The minimum atomic E-state index is -0.158. The van der Waals surface area contributed by atoms with Gasteiger partial charge in [-0.1, -0.05) is 19.1 Å². The molecule has 1 unspecified atom stereocenters. The van der Waals surface area contributed by atoms with Gasteiger partial charge in [-0.3, -0.25) is 4.79 Å². The van der Waals surface area contributed by atoms with E-state index in [0.717, 1.165) is 28.5 Å². The molecule has 0 bridgehead atoms.